The maximum Gasteiger partial charge on any atom is 0.254 e. The van der Waals surface area contributed by atoms with Crippen LogP contribution < -0.4 is 5.73 Å². The molecule has 0 radical (unpaired) electrons. The van der Waals surface area contributed by atoms with Gasteiger partial charge in [-0.05, 0) is 37.5 Å². The SMILES string of the molecule is COC1CCCN(C(=O)c2cc(N)ccc2C)C1. The van der Waals surface area contributed by atoms with Crippen molar-refractivity contribution in [1.29, 1.82) is 0 Å². The molecule has 1 aromatic rings. The molecule has 0 saturated carbocycles. The summed E-state index contributed by atoms with van der Waals surface area (Å²) < 4.78 is 5.34. The lowest BCUT2D eigenvalue weighted by molar-refractivity contribution is 0.0268. The quantitative estimate of drug-likeness (QED) is 0.812. The zero-order valence-corrected chi connectivity index (χ0v) is 11.0. The number of hydrogen-bond donors (Lipinski definition) is 1. The van der Waals surface area contributed by atoms with E-state index in [9.17, 15) is 4.79 Å². The Kier molecular flexibility index (Phi) is 3.87. The summed E-state index contributed by atoms with van der Waals surface area (Å²) >= 11 is 0. The summed E-state index contributed by atoms with van der Waals surface area (Å²) in [5.41, 5.74) is 8.05. The lowest BCUT2D eigenvalue weighted by atomic mass is 10.0. The van der Waals surface area contributed by atoms with Crippen molar-refractivity contribution in [2.24, 2.45) is 0 Å². The summed E-state index contributed by atoms with van der Waals surface area (Å²) in [6.07, 6.45) is 2.17. The maximum absolute atomic E-state index is 12.4. The third-order valence-corrected chi connectivity index (χ3v) is 3.49. The average Bonchev–Trinajstić information content (AvgIpc) is 2.41. The van der Waals surface area contributed by atoms with Gasteiger partial charge < -0.3 is 15.4 Å². The molecular weight excluding hydrogens is 228 g/mol. The van der Waals surface area contributed by atoms with Crippen LogP contribution in [0.5, 0.6) is 0 Å². The van der Waals surface area contributed by atoms with Gasteiger partial charge in [0.05, 0.1) is 6.10 Å². The number of carbonyl (C=O) groups excluding carboxylic acids is 1. The van der Waals surface area contributed by atoms with Gasteiger partial charge in [0.1, 0.15) is 0 Å². The number of likely N-dealkylation sites (tertiary alicyclic amines) is 1. The summed E-state index contributed by atoms with van der Waals surface area (Å²) in [4.78, 5) is 14.3. The van der Waals surface area contributed by atoms with Gasteiger partial charge in [0.15, 0.2) is 0 Å². The van der Waals surface area contributed by atoms with Gasteiger partial charge in [0, 0.05) is 31.5 Å². The molecule has 98 valence electrons. The van der Waals surface area contributed by atoms with E-state index in [2.05, 4.69) is 0 Å². The topological polar surface area (TPSA) is 55.6 Å². The van der Waals surface area contributed by atoms with Crippen LogP contribution in [0.1, 0.15) is 28.8 Å². The number of ether oxygens (including phenoxy) is 1. The first-order chi connectivity index (χ1) is 8.61. The zero-order valence-electron chi connectivity index (χ0n) is 11.0. The van der Waals surface area contributed by atoms with Gasteiger partial charge >= 0.3 is 0 Å². The highest BCUT2D eigenvalue weighted by Crippen LogP contribution is 2.19. The van der Waals surface area contributed by atoms with E-state index in [4.69, 9.17) is 10.5 Å². The van der Waals surface area contributed by atoms with Crippen molar-refractivity contribution in [3.63, 3.8) is 0 Å². The fourth-order valence-electron chi connectivity index (χ4n) is 2.36. The molecule has 1 saturated heterocycles. The van der Waals surface area contributed by atoms with Gasteiger partial charge in [0.25, 0.3) is 5.91 Å². The first kappa shape index (κ1) is 12.9. The number of amides is 1. The Balaban J connectivity index is 2.17. The van der Waals surface area contributed by atoms with Crippen molar-refractivity contribution in [2.45, 2.75) is 25.9 Å². The maximum atomic E-state index is 12.4. The van der Waals surface area contributed by atoms with Crippen molar-refractivity contribution in [1.82, 2.24) is 4.90 Å². The van der Waals surface area contributed by atoms with Gasteiger partial charge in [-0.3, -0.25) is 4.79 Å². The molecule has 1 aliphatic rings. The largest absolute Gasteiger partial charge is 0.399 e. The molecule has 0 spiro atoms. The highest BCUT2D eigenvalue weighted by Gasteiger charge is 2.25. The first-order valence-corrected chi connectivity index (χ1v) is 6.30. The van der Waals surface area contributed by atoms with E-state index < -0.39 is 0 Å². The molecule has 18 heavy (non-hydrogen) atoms. The van der Waals surface area contributed by atoms with Gasteiger partial charge in [-0.2, -0.15) is 0 Å². The molecule has 1 atom stereocenters. The standard InChI is InChI=1S/C14H20N2O2/c1-10-5-6-11(15)8-13(10)14(17)16-7-3-4-12(9-16)18-2/h5-6,8,12H,3-4,7,9,15H2,1-2H3. The lowest BCUT2D eigenvalue weighted by Crippen LogP contribution is -2.43. The molecule has 1 amide bonds. The number of piperidine rings is 1. The van der Waals surface area contributed by atoms with Crippen LogP contribution in [0.2, 0.25) is 0 Å². The predicted molar refractivity (Wildman–Crippen MR) is 71.5 cm³/mol. The van der Waals surface area contributed by atoms with Crippen LogP contribution in [0.25, 0.3) is 0 Å². The third kappa shape index (κ3) is 2.64. The number of hydrogen-bond acceptors (Lipinski definition) is 3. The predicted octanol–water partition coefficient (Wildman–Crippen LogP) is 1.83. The summed E-state index contributed by atoms with van der Waals surface area (Å²) in [6.45, 7) is 3.40. The summed E-state index contributed by atoms with van der Waals surface area (Å²) in [7, 11) is 1.70. The molecule has 1 aliphatic heterocycles. The van der Waals surface area contributed by atoms with Gasteiger partial charge in [-0.15, -0.1) is 0 Å². The van der Waals surface area contributed by atoms with E-state index in [1.54, 1.807) is 13.2 Å². The van der Waals surface area contributed by atoms with Crippen LogP contribution >= 0.6 is 0 Å². The van der Waals surface area contributed by atoms with Crippen LogP contribution in [-0.2, 0) is 4.74 Å². The van der Waals surface area contributed by atoms with Crippen molar-refractivity contribution >= 4 is 11.6 Å². The molecule has 0 aromatic heterocycles. The minimum Gasteiger partial charge on any atom is -0.399 e. The Labute approximate surface area is 108 Å². The normalized spacial score (nSPS) is 19.9. The number of benzene rings is 1. The Bertz CT molecular complexity index is 445. The Morgan fingerprint density at radius 3 is 3.00 bits per heavy atom. The highest BCUT2D eigenvalue weighted by molar-refractivity contribution is 5.96. The molecule has 0 aliphatic carbocycles. The second kappa shape index (κ2) is 5.40. The van der Waals surface area contributed by atoms with E-state index in [1.807, 2.05) is 24.0 Å². The Morgan fingerprint density at radius 1 is 1.50 bits per heavy atom. The van der Waals surface area contributed by atoms with E-state index in [-0.39, 0.29) is 12.0 Å². The van der Waals surface area contributed by atoms with E-state index in [1.165, 1.54) is 0 Å². The van der Waals surface area contributed by atoms with Gasteiger partial charge in [0.2, 0.25) is 0 Å². The van der Waals surface area contributed by atoms with Crippen LogP contribution in [0.15, 0.2) is 18.2 Å². The number of carbonyl (C=O) groups is 1. The fourth-order valence-corrected chi connectivity index (χ4v) is 2.36. The Morgan fingerprint density at radius 2 is 2.28 bits per heavy atom. The fraction of sp³-hybridized carbons (Fsp3) is 0.500. The van der Waals surface area contributed by atoms with Crippen LogP contribution in [-0.4, -0.2) is 37.1 Å². The molecule has 1 aromatic carbocycles. The minimum atomic E-state index is 0.0570. The number of aryl methyl sites for hydroxylation is 1. The summed E-state index contributed by atoms with van der Waals surface area (Å²) in [6, 6.07) is 5.47. The highest BCUT2D eigenvalue weighted by atomic mass is 16.5. The molecule has 4 nitrogen and oxygen atoms in total. The van der Waals surface area contributed by atoms with Crippen LogP contribution in [0.4, 0.5) is 5.69 Å². The number of methoxy groups -OCH3 is 1. The molecule has 2 rings (SSSR count). The molecular formula is C14H20N2O2. The van der Waals surface area contributed by atoms with Crippen molar-refractivity contribution in [3.05, 3.63) is 29.3 Å². The zero-order chi connectivity index (χ0) is 13.1. The smallest absolute Gasteiger partial charge is 0.254 e. The van der Waals surface area contributed by atoms with E-state index in [0.717, 1.165) is 24.9 Å². The van der Waals surface area contributed by atoms with E-state index >= 15 is 0 Å². The molecule has 0 bridgehead atoms. The summed E-state index contributed by atoms with van der Waals surface area (Å²) in [5, 5.41) is 0. The summed E-state index contributed by atoms with van der Waals surface area (Å²) in [5.74, 6) is 0.0570. The van der Waals surface area contributed by atoms with Crippen LogP contribution in [0, 0.1) is 6.92 Å². The van der Waals surface area contributed by atoms with Gasteiger partial charge in [-0.1, -0.05) is 6.07 Å². The first-order valence-electron chi connectivity index (χ1n) is 6.30. The molecule has 1 unspecified atom stereocenters. The molecule has 1 fully saturated rings. The monoisotopic (exact) mass is 248 g/mol. The van der Waals surface area contributed by atoms with Crippen molar-refractivity contribution in [3.8, 4) is 0 Å². The lowest BCUT2D eigenvalue weighted by Gasteiger charge is -2.32. The molecule has 2 N–H and O–H groups in total. The average molecular weight is 248 g/mol. The number of nitrogens with zero attached hydrogens (tertiary/aromatic N) is 1. The number of nitrogen functional groups attached to an aromatic ring is 1. The van der Waals surface area contributed by atoms with Crippen LogP contribution in [0.3, 0.4) is 0 Å². The second-order valence-electron chi connectivity index (χ2n) is 4.83. The molecule has 4 heteroatoms. The number of rotatable bonds is 2. The van der Waals surface area contributed by atoms with Crippen molar-refractivity contribution in [2.75, 3.05) is 25.9 Å². The van der Waals surface area contributed by atoms with E-state index in [0.29, 0.717) is 17.8 Å². The second-order valence-corrected chi connectivity index (χ2v) is 4.83. The van der Waals surface area contributed by atoms with Crippen molar-refractivity contribution < 1.29 is 9.53 Å². The number of nitrogens with two attached hydrogens (primary N) is 1. The Hall–Kier alpha value is -1.55. The number of anilines is 1. The molecule has 1 heterocycles. The third-order valence-electron chi connectivity index (χ3n) is 3.49. The van der Waals surface area contributed by atoms with Gasteiger partial charge in [-0.25, -0.2) is 0 Å². The minimum absolute atomic E-state index is 0.0570.